The van der Waals surface area contributed by atoms with Crippen molar-refractivity contribution >= 4 is 5.91 Å². The molecule has 3 rings (SSSR count). The van der Waals surface area contributed by atoms with Crippen LogP contribution in [-0.2, 0) is 27.9 Å². The maximum Gasteiger partial charge on any atom is 0.228 e. The van der Waals surface area contributed by atoms with E-state index in [1.807, 2.05) is 22.8 Å². The summed E-state index contributed by atoms with van der Waals surface area (Å²) in [4.78, 5) is 17.3. The van der Waals surface area contributed by atoms with Gasteiger partial charge in [-0.05, 0) is 25.9 Å². The van der Waals surface area contributed by atoms with E-state index in [1.165, 1.54) is 5.56 Å². The molecule has 1 spiro atoms. The molecule has 25 heavy (non-hydrogen) atoms. The summed E-state index contributed by atoms with van der Waals surface area (Å²) in [7, 11) is 5.32. The number of rotatable bonds is 7. The second-order valence-corrected chi connectivity index (χ2v) is 7.42. The van der Waals surface area contributed by atoms with E-state index in [9.17, 15) is 4.79 Å². The molecular formula is C18H30N4O3. The van der Waals surface area contributed by atoms with Crippen molar-refractivity contribution in [3.05, 3.63) is 18.0 Å². The number of piperidine rings is 1. The number of ether oxygens (including phenoxy) is 2. The predicted molar refractivity (Wildman–Crippen MR) is 94.0 cm³/mol. The Hall–Kier alpha value is -1.44. The zero-order valence-electron chi connectivity index (χ0n) is 15.6. The fourth-order valence-electron chi connectivity index (χ4n) is 4.33. The van der Waals surface area contributed by atoms with Crippen molar-refractivity contribution in [2.45, 2.75) is 19.4 Å². The molecule has 2 fully saturated rings. The van der Waals surface area contributed by atoms with Crippen LogP contribution in [0.3, 0.4) is 0 Å². The lowest BCUT2D eigenvalue weighted by atomic mass is 9.71. The van der Waals surface area contributed by atoms with Crippen molar-refractivity contribution in [2.24, 2.45) is 18.4 Å². The van der Waals surface area contributed by atoms with Crippen molar-refractivity contribution in [1.29, 1.82) is 0 Å². The largest absolute Gasteiger partial charge is 0.384 e. The highest BCUT2D eigenvalue weighted by Crippen LogP contribution is 2.45. The molecule has 0 aliphatic carbocycles. The summed E-state index contributed by atoms with van der Waals surface area (Å²) in [6.07, 6.45) is 6.08. The zero-order chi connectivity index (χ0) is 17.9. The number of methoxy groups -OCH3 is 2. The molecule has 7 nitrogen and oxygen atoms in total. The average Bonchev–Trinajstić information content (AvgIpc) is 3.12. The Labute approximate surface area is 149 Å². The number of hydrogen-bond donors (Lipinski definition) is 0. The van der Waals surface area contributed by atoms with Gasteiger partial charge >= 0.3 is 0 Å². The quantitative estimate of drug-likeness (QED) is 0.726. The molecule has 0 saturated carbocycles. The van der Waals surface area contributed by atoms with Gasteiger partial charge in [0.1, 0.15) is 0 Å². The summed E-state index contributed by atoms with van der Waals surface area (Å²) in [6.45, 7) is 5.58. The number of aromatic nitrogens is 2. The van der Waals surface area contributed by atoms with Crippen molar-refractivity contribution < 1.29 is 14.3 Å². The molecule has 0 unspecified atom stereocenters. The maximum atomic E-state index is 12.8. The van der Waals surface area contributed by atoms with E-state index in [1.54, 1.807) is 14.2 Å². The highest BCUT2D eigenvalue weighted by Gasteiger charge is 2.52. The van der Waals surface area contributed by atoms with E-state index in [-0.39, 0.29) is 17.2 Å². The molecule has 1 aromatic rings. The van der Waals surface area contributed by atoms with Crippen LogP contribution in [0, 0.1) is 11.3 Å². The first-order valence-electron chi connectivity index (χ1n) is 9.04. The summed E-state index contributed by atoms with van der Waals surface area (Å²) >= 11 is 0. The highest BCUT2D eigenvalue weighted by molar-refractivity contribution is 5.82. The van der Waals surface area contributed by atoms with Crippen molar-refractivity contribution in [2.75, 3.05) is 53.6 Å². The van der Waals surface area contributed by atoms with Crippen LogP contribution in [0.2, 0.25) is 0 Å². The monoisotopic (exact) mass is 350 g/mol. The van der Waals surface area contributed by atoms with Gasteiger partial charge in [-0.15, -0.1) is 0 Å². The zero-order valence-corrected chi connectivity index (χ0v) is 15.6. The summed E-state index contributed by atoms with van der Waals surface area (Å²) in [5.74, 6) is 0.217. The van der Waals surface area contributed by atoms with Gasteiger partial charge in [-0.25, -0.2) is 0 Å². The number of likely N-dealkylation sites (tertiary alicyclic amines) is 2. The van der Waals surface area contributed by atoms with E-state index in [0.717, 1.165) is 39.0 Å². The lowest BCUT2D eigenvalue weighted by molar-refractivity contribution is -0.134. The molecule has 0 aromatic carbocycles. The van der Waals surface area contributed by atoms with Gasteiger partial charge in [0.05, 0.1) is 25.3 Å². The number of nitrogens with zero attached hydrogens (tertiary/aromatic N) is 4. The molecule has 0 N–H and O–H groups in total. The van der Waals surface area contributed by atoms with Crippen LogP contribution < -0.4 is 0 Å². The molecule has 3 heterocycles. The summed E-state index contributed by atoms with van der Waals surface area (Å²) in [5, 5.41) is 4.25. The molecule has 2 aliphatic heterocycles. The van der Waals surface area contributed by atoms with E-state index in [4.69, 9.17) is 9.47 Å². The Morgan fingerprint density at radius 3 is 2.64 bits per heavy atom. The van der Waals surface area contributed by atoms with Crippen LogP contribution in [0.25, 0.3) is 0 Å². The van der Waals surface area contributed by atoms with Crippen LogP contribution >= 0.6 is 0 Å². The van der Waals surface area contributed by atoms with Gasteiger partial charge < -0.3 is 14.4 Å². The number of aryl methyl sites for hydroxylation is 1. The number of hydrogen-bond acceptors (Lipinski definition) is 5. The third kappa shape index (κ3) is 3.88. The van der Waals surface area contributed by atoms with E-state index >= 15 is 0 Å². The minimum Gasteiger partial charge on any atom is -0.384 e. The van der Waals surface area contributed by atoms with Crippen LogP contribution in [-0.4, -0.2) is 79.1 Å². The van der Waals surface area contributed by atoms with Crippen LogP contribution in [0.1, 0.15) is 18.4 Å². The second-order valence-electron chi connectivity index (χ2n) is 7.42. The van der Waals surface area contributed by atoms with Crippen molar-refractivity contribution in [3.63, 3.8) is 0 Å². The molecule has 0 bridgehead atoms. The van der Waals surface area contributed by atoms with Gasteiger partial charge in [-0.3, -0.25) is 14.4 Å². The van der Waals surface area contributed by atoms with Crippen molar-refractivity contribution in [3.8, 4) is 0 Å². The Kier molecular flexibility index (Phi) is 5.76. The maximum absolute atomic E-state index is 12.8. The molecule has 1 amide bonds. The first kappa shape index (κ1) is 18.4. The molecule has 1 atom stereocenters. The summed E-state index contributed by atoms with van der Waals surface area (Å²) < 4.78 is 12.4. The lowest BCUT2D eigenvalue weighted by Crippen LogP contribution is -2.45. The van der Waals surface area contributed by atoms with Gasteiger partial charge in [0, 0.05) is 58.1 Å². The molecule has 140 valence electrons. The third-order valence-electron chi connectivity index (χ3n) is 5.77. The Balaban J connectivity index is 1.63. The number of carbonyl (C=O) groups excluding carboxylic acids is 1. The first-order valence-corrected chi connectivity index (χ1v) is 9.04. The molecular weight excluding hydrogens is 320 g/mol. The third-order valence-corrected chi connectivity index (χ3v) is 5.77. The lowest BCUT2D eigenvalue weighted by Gasteiger charge is -2.41. The minimum absolute atomic E-state index is 0.0186. The van der Waals surface area contributed by atoms with Gasteiger partial charge in [0.15, 0.2) is 0 Å². The van der Waals surface area contributed by atoms with Gasteiger partial charge in [0.25, 0.3) is 0 Å². The van der Waals surface area contributed by atoms with E-state index < -0.39 is 0 Å². The smallest absolute Gasteiger partial charge is 0.228 e. The van der Waals surface area contributed by atoms with Crippen molar-refractivity contribution in [1.82, 2.24) is 19.6 Å². The first-order chi connectivity index (χ1) is 12.1. The SMILES string of the molecule is COCCN1CC2(CCN(Cc3cnn(C)c3)CC2)[C@@H](COC)C1=O. The molecule has 2 aliphatic rings. The standard InChI is InChI=1S/C18H30N4O3/c1-20-11-15(10-19-20)12-21-6-4-18(5-7-21)14-22(8-9-24-2)17(23)16(18)13-25-3/h10-11,16H,4-9,12-14H2,1-3H3/t16-/m0/s1. The van der Waals surface area contributed by atoms with Gasteiger partial charge in [-0.2, -0.15) is 5.10 Å². The number of amides is 1. The average molecular weight is 350 g/mol. The Morgan fingerprint density at radius 2 is 2.04 bits per heavy atom. The topological polar surface area (TPSA) is 59.8 Å². The normalized spacial score (nSPS) is 23.7. The van der Waals surface area contributed by atoms with Gasteiger partial charge in [0.2, 0.25) is 5.91 Å². The highest BCUT2D eigenvalue weighted by atomic mass is 16.5. The van der Waals surface area contributed by atoms with Gasteiger partial charge in [-0.1, -0.05) is 0 Å². The fourth-order valence-corrected chi connectivity index (χ4v) is 4.33. The van der Waals surface area contributed by atoms with Crippen LogP contribution in [0.5, 0.6) is 0 Å². The molecule has 0 radical (unpaired) electrons. The van der Waals surface area contributed by atoms with E-state index in [2.05, 4.69) is 16.2 Å². The summed E-state index contributed by atoms with van der Waals surface area (Å²) in [5.41, 5.74) is 1.29. The second kappa shape index (κ2) is 7.85. The molecule has 2 saturated heterocycles. The molecule has 7 heteroatoms. The Bertz CT molecular complexity index is 581. The predicted octanol–water partition coefficient (Wildman–Crippen LogP) is 0.754. The fraction of sp³-hybridized carbons (Fsp3) is 0.778. The Morgan fingerprint density at radius 1 is 1.28 bits per heavy atom. The van der Waals surface area contributed by atoms with Crippen LogP contribution in [0.4, 0.5) is 0 Å². The molecule has 1 aromatic heterocycles. The summed E-state index contributed by atoms with van der Waals surface area (Å²) in [6, 6.07) is 0. The minimum atomic E-state index is -0.0186. The van der Waals surface area contributed by atoms with Crippen LogP contribution in [0.15, 0.2) is 12.4 Å². The number of carbonyl (C=O) groups is 1. The van der Waals surface area contributed by atoms with E-state index in [0.29, 0.717) is 19.8 Å².